The van der Waals surface area contributed by atoms with Crippen LogP contribution in [0.15, 0.2) is 42.3 Å². The van der Waals surface area contributed by atoms with E-state index in [9.17, 15) is 14.4 Å². The number of thioether (sulfide) groups is 1. The Bertz CT molecular complexity index is 723. The zero-order chi connectivity index (χ0) is 18.0. The fourth-order valence-electron chi connectivity index (χ4n) is 2.58. The Kier molecular flexibility index (Phi) is 4.84. The highest BCUT2D eigenvalue weighted by Gasteiger charge is 2.54. The van der Waals surface area contributed by atoms with Crippen LogP contribution >= 0.6 is 11.8 Å². The molecule has 3 atom stereocenters. The minimum absolute atomic E-state index is 0.0237. The van der Waals surface area contributed by atoms with Crippen molar-refractivity contribution in [2.75, 3.05) is 0 Å². The number of hydrogen-bond donors (Lipinski definition) is 2. The molecule has 0 saturated carbocycles. The average molecular weight is 364 g/mol. The number of amides is 2. The van der Waals surface area contributed by atoms with Crippen LogP contribution in [0.1, 0.15) is 12.5 Å². The summed E-state index contributed by atoms with van der Waals surface area (Å²) in [6.07, 6.45) is -0.641. The number of nitrogens with zero attached hydrogens (tertiary/aromatic N) is 1. The number of fused-ring (bicyclic) bond motifs is 1. The van der Waals surface area contributed by atoms with Crippen molar-refractivity contribution in [1.29, 1.82) is 0 Å². The van der Waals surface area contributed by atoms with Crippen molar-refractivity contribution in [2.24, 2.45) is 0 Å². The molecular weight excluding hydrogens is 348 g/mol. The molecule has 1 fully saturated rings. The quantitative estimate of drug-likeness (QED) is 0.623. The SMILES string of the molecule is CC1C=C(OC(=O)O)N2C(=O)C(NC(=O)OCc3ccccc3)[C@@H]2S1. The van der Waals surface area contributed by atoms with Crippen LogP contribution in [0, 0.1) is 0 Å². The second kappa shape index (κ2) is 7.06. The fourth-order valence-corrected chi connectivity index (χ4v) is 3.88. The summed E-state index contributed by atoms with van der Waals surface area (Å²) in [5.74, 6) is -0.460. The molecule has 132 valence electrons. The van der Waals surface area contributed by atoms with Gasteiger partial charge in [-0.15, -0.1) is 11.8 Å². The van der Waals surface area contributed by atoms with Crippen LogP contribution in [0.2, 0.25) is 0 Å². The minimum atomic E-state index is -1.49. The highest BCUT2D eigenvalue weighted by Crippen LogP contribution is 2.41. The largest absolute Gasteiger partial charge is 0.512 e. The van der Waals surface area contributed by atoms with Crippen molar-refractivity contribution in [1.82, 2.24) is 10.2 Å². The van der Waals surface area contributed by atoms with Crippen molar-refractivity contribution in [3.05, 3.63) is 47.9 Å². The van der Waals surface area contributed by atoms with E-state index < -0.39 is 29.6 Å². The molecule has 2 aliphatic rings. The van der Waals surface area contributed by atoms with Crippen LogP contribution in [0.4, 0.5) is 9.59 Å². The van der Waals surface area contributed by atoms with Gasteiger partial charge in [-0.25, -0.2) is 9.59 Å². The summed E-state index contributed by atoms with van der Waals surface area (Å²) in [5, 5.41) is 10.8. The molecule has 0 aliphatic carbocycles. The summed E-state index contributed by atoms with van der Waals surface area (Å²) < 4.78 is 9.76. The number of carboxylic acid groups (broad SMARTS) is 1. The maximum Gasteiger partial charge on any atom is 0.512 e. The minimum Gasteiger partial charge on any atom is -0.449 e. The van der Waals surface area contributed by atoms with E-state index in [-0.39, 0.29) is 17.7 Å². The molecule has 0 aromatic heterocycles. The third-order valence-corrected chi connectivity index (χ3v) is 5.02. The third kappa shape index (κ3) is 3.71. The Labute approximate surface area is 147 Å². The van der Waals surface area contributed by atoms with Crippen LogP contribution < -0.4 is 5.32 Å². The molecule has 2 unspecified atom stereocenters. The first-order chi connectivity index (χ1) is 12.0. The number of β-lactam (4-membered cyclic amide) rings is 1. The highest BCUT2D eigenvalue weighted by atomic mass is 32.2. The van der Waals surface area contributed by atoms with Crippen molar-refractivity contribution in [3.63, 3.8) is 0 Å². The van der Waals surface area contributed by atoms with Gasteiger partial charge in [0.15, 0.2) is 0 Å². The predicted octanol–water partition coefficient (Wildman–Crippen LogP) is 2.12. The lowest BCUT2D eigenvalue weighted by molar-refractivity contribution is -0.146. The van der Waals surface area contributed by atoms with Crippen LogP contribution in [0.25, 0.3) is 0 Å². The van der Waals surface area contributed by atoms with Crippen molar-refractivity contribution < 1.29 is 29.0 Å². The fraction of sp³-hybridized carbons (Fsp3) is 0.312. The molecule has 9 heteroatoms. The topological polar surface area (TPSA) is 105 Å². The molecule has 2 N–H and O–H groups in total. The molecule has 2 heterocycles. The Morgan fingerprint density at radius 1 is 1.32 bits per heavy atom. The van der Waals surface area contributed by atoms with Crippen LogP contribution in [-0.2, 0) is 20.9 Å². The van der Waals surface area contributed by atoms with Gasteiger partial charge in [0.2, 0.25) is 5.88 Å². The van der Waals surface area contributed by atoms with E-state index in [1.54, 1.807) is 6.08 Å². The monoisotopic (exact) mass is 364 g/mol. The van der Waals surface area contributed by atoms with Gasteiger partial charge in [-0.1, -0.05) is 30.3 Å². The summed E-state index contributed by atoms with van der Waals surface area (Å²) in [6, 6.07) is 8.39. The van der Waals surface area contributed by atoms with E-state index in [1.165, 1.54) is 16.7 Å². The molecule has 8 nitrogen and oxygen atoms in total. The van der Waals surface area contributed by atoms with Gasteiger partial charge in [-0.05, 0) is 18.6 Å². The van der Waals surface area contributed by atoms with E-state index in [2.05, 4.69) is 10.1 Å². The Hall–Kier alpha value is -2.68. The smallest absolute Gasteiger partial charge is 0.449 e. The van der Waals surface area contributed by atoms with Gasteiger partial charge in [0.05, 0.1) is 0 Å². The number of hydrogen-bond acceptors (Lipinski definition) is 6. The molecule has 1 aromatic carbocycles. The normalized spacial score (nSPS) is 24.5. The summed E-state index contributed by atoms with van der Waals surface area (Å²) in [7, 11) is 0. The average Bonchev–Trinajstić information content (AvgIpc) is 2.57. The van der Waals surface area contributed by atoms with Gasteiger partial charge in [-0.3, -0.25) is 9.69 Å². The Morgan fingerprint density at radius 3 is 2.72 bits per heavy atom. The maximum atomic E-state index is 12.2. The second-order valence-electron chi connectivity index (χ2n) is 5.50. The molecule has 1 aromatic rings. The summed E-state index contributed by atoms with van der Waals surface area (Å²) >= 11 is 1.42. The van der Waals surface area contributed by atoms with Crippen molar-refractivity contribution in [2.45, 2.75) is 30.2 Å². The van der Waals surface area contributed by atoms with E-state index >= 15 is 0 Å². The first-order valence-corrected chi connectivity index (χ1v) is 8.48. The molecule has 0 bridgehead atoms. The van der Waals surface area contributed by atoms with E-state index in [0.29, 0.717) is 0 Å². The molecule has 0 radical (unpaired) electrons. The number of benzene rings is 1. The molecule has 0 spiro atoms. The number of nitrogens with one attached hydrogen (secondary N) is 1. The lowest BCUT2D eigenvalue weighted by Crippen LogP contribution is -2.70. The Morgan fingerprint density at radius 2 is 2.04 bits per heavy atom. The van der Waals surface area contributed by atoms with Gasteiger partial charge in [0.1, 0.15) is 18.0 Å². The predicted molar refractivity (Wildman–Crippen MR) is 88.4 cm³/mol. The molecule has 2 aliphatic heterocycles. The van der Waals surface area contributed by atoms with E-state index in [4.69, 9.17) is 9.84 Å². The lowest BCUT2D eigenvalue weighted by Gasteiger charge is -2.48. The number of carbonyl (C=O) groups is 3. The first-order valence-electron chi connectivity index (χ1n) is 7.54. The van der Waals surface area contributed by atoms with Gasteiger partial charge in [0.25, 0.3) is 5.91 Å². The van der Waals surface area contributed by atoms with Gasteiger partial charge in [0, 0.05) is 5.25 Å². The van der Waals surface area contributed by atoms with Crippen molar-refractivity contribution >= 4 is 29.9 Å². The number of carbonyl (C=O) groups excluding carboxylic acids is 2. The van der Waals surface area contributed by atoms with E-state index in [1.807, 2.05) is 37.3 Å². The van der Waals surface area contributed by atoms with E-state index in [0.717, 1.165) is 5.56 Å². The zero-order valence-corrected chi connectivity index (χ0v) is 14.1. The van der Waals surface area contributed by atoms with Gasteiger partial charge < -0.3 is 19.9 Å². The Balaban J connectivity index is 1.58. The highest BCUT2D eigenvalue weighted by molar-refractivity contribution is 8.00. The van der Waals surface area contributed by atoms with Crippen LogP contribution in [0.5, 0.6) is 0 Å². The van der Waals surface area contributed by atoms with Crippen molar-refractivity contribution in [3.8, 4) is 0 Å². The van der Waals surface area contributed by atoms with Gasteiger partial charge >= 0.3 is 12.2 Å². The number of ether oxygens (including phenoxy) is 2. The van der Waals surface area contributed by atoms with Crippen LogP contribution in [-0.4, -0.2) is 44.8 Å². The third-order valence-electron chi connectivity index (χ3n) is 3.69. The molecule has 1 saturated heterocycles. The molecular formula is C16H16N2O6S. The summed E-state index contributed by atoms with van der Waals surface area (Å²) in [4.78, 5) is 36.1. The lowest BCUT2D eigenvalue weighted by atomic mass is 10.1. The molecule has 25 heavy (non-hydrogen) atoms. The zero-order valence-electron chi connectivity index (χ0n) is 13.2. The molecule has 2 amide bonds. The maximum absolute atomic E-state index is 12.2. The first kappa shape index (κ1) is 17.2. The second-order valence-corrected chi connectivity index (χ2v) is 7.00. The number of rotatable bonds is 4. The summed E-state index contributed by atoms with van der Waals surface area (Å²) in [6.45, 7) is 1.94. The van der Waals surface area contributed by atoms with Gasteiger partial charge in [-0.2, -0.15) is 0 Å². The van der Waals surface area contributed by atoms with Crippen LogP contribution in [0.3, 0.4) is 0 Å². The number of alkyl carbamates (subject to hydrolysis) is 1. The molecule has 3 rings (SSSR count). The standard InChI is InChI=1S/C16H16N2O6S/c1-9-7-11(24-16(21)22)18-13(19)12(14(18)25-9)17-15(20)23-8-10-5-3-2-4-6-10/h2-7,9,12,14H,8H2,1H3,(H,17,20)(H,21,22)/t9?,12?,14-/m0/s1. The summed E-state index contributed by atoms with van der Waals surface area (Å²) in [5.41, 5.74) is 0.833.